The largest absolute Gasteiger partial charge is 0.309 e. The van der Waals surface area contributed by atoms with Gasteiger partial charge in [0.15, 0.2) is 0 Å². The highest BCUT2D eigenvalue weighted by Crippen LogP contribution is 2.03. The van der Waals surface area contributed by atoms with Gasteiger partial charge in [-0.05, 0) is 14.0 Å². The lowest BCUT2D eigenvalue weighted by Gasteiger charge is -1.93. The monoisotopic (exact) mass is 181 g/mol. The summed E-state index contributed by atoms with van der Waals surface area (Å²) in [6.07, 6.45) is 1.45. The first kappa shape index (κ1) is 9.75. The summed E-state index contributed by atoms with van der Waals surface area (Å²) in [6, 6.07) is 0. The molecule has 0 bridgehead atoms. The predicted molar refractivity (Wildman–Crippen MR) is 48.7 cm³/mol. The van der Waals surface area contributed by atoms with Crippen LogP contribution in [0.2, 0.25) is 0 Å². The Hall–Kier alpha value is -1.34. The molecule has 0 aliphatic rings. The Bertz CT molecular complexity index is 332. The van der Waals surface area contributed by atoms with Crippen LogP contribution in [0.5, 0.6) is 0 Å². The van der Waals surface area contributed by atoms with Crippen LogP contribution in [0.4, 0.5) is 4.39 Å². The Morgan fingerprint density at radius 2 is 2.46 bits per heavy atom. The van der Waals surface area contributed by atoms with Crippen molar-refractivity contribution < 1.29 is 4.39 Å². The zero-order valence-corrected chi connectivity index (χ0v) is 7.76. The van der Waals surface area contributed by atoms with E-state index < -0.39 is 0 Å². The summed E-state index contributed by atoms with van der Waals surface area (Å²) in [6.45, 7) is 2.91. The van der Waals surface area contributed by atoms with Crippen molar-refractivity contribution >= 4 is 0 Å². The molecule has 0 spiro atoms. The fourth-order valence-corrected chi connectivity index (χ4v) is 0.903. The van der Waals surface area contributed by atoms with Crippen molar-refractivity contribution in [2.75, 3.05) is 13.6 Å². The molecule has 4 heteroatoms. The molecule has 1 aromatic rings. The topological polar surface area (TPSA) is 29.9 Å². The van der Waals surface area contributed by atoms with Gasteiger partial charge in [-0.2, -0.15) is 9.49 Å². The van der Waals surface area contributed by atoms with Crippen molar-refractivity contribution in [2.24, 2.45) is 0 Å². The number of hydrogen-bond donors (Lipinski definition) is 1. The van der Waals surface area contributed by atoms with Crippen molar-refractivity contribution in [2.45, 2.75) is 13.5 Å². The van der Waals surface area contributed by atoms with E-state index in [9.17, 15) is 4.39 Å². The highest BCUT2D eigenvalue weighted by Gasteiger charge is 2.05. The van der Waals surface area contributed by atoms with Crippen LogP contribution in [0, 0.1) is 17.8 Å². The van der Waals surface area contributed by atoms with Gasteiger partial charge in [-0.25, -0.2) is 4.68 Å². The summed E-state index contributed by atoms with van der Waals surface area (Å²) in [7, 11) is 1.79. The average Bonchev–Trinajstić information content (AvgIpc) is 2.48. The van der Waals surface area contributed by atoms with Gasteiger partial charge in [0.1, 0.15) is 0 Å². The predicted octanol–water partition coefficient (Wildman–Crippen LogP) is 0.613. The molecule has 1 aromatic heterocycles. The second-order valence-corrected chi connectivity index (χ2v) is 2.50. The van der Waals surface area contributed by atoms with E-state index in [0.29, 0.717) is 18.7 Å². The SMILES string of the molecule is CCn1ncc(C#CCNC)c1F. The van der Waals surface area contributed by atoms with Crippen LogP contribution in [-0.4, -0.2) is 23.4 Å². The third-order valence-corrected chi connectivity index (χ3v) is 1.56. The summed E-state index contributed by atoms with van der Waals surface area (Å²) in [4.78, 5) is 0. The summed E-state index contributed by atoms with van der Waals surface area (Å²) in [5.41, 5.74) is 0.358. The molecule has 1 rings (SSSR count). The average molecular weight is 181 g/mol. The summed E-state index contributed by atoms with van der Waals surface area (Å²) in [5, 5.41) is 6.69. The van der Waals surface area contributed by atoms with Gasteiger partial charge < -0.3 is 5.32 Å². The van der Waals surface area contributed by atoms with Crippen molar-refractivity contribution in [3.05, 3.63) is 17.7 Å². The fraction of sp³-hybridized carbons (Fsp3) is 0.444. The van der Waals surface area contributed by atoms with E-state index >= 15 is 0 Å². The van der Waals surface area contributed by atoms with Crippen LogP contribution < -0.4 is 5.32 Å². The minimum Gasteiger partial charge on any atom is -0.309 e. The maximum Gasteiger partial charge on any atom is 0.227 e. The number of nitrogens with zero attached hydrogens (tertiary/aromatic N) is 2. The molecule has 70 valence electrons. The van der Waals surface area contributed by atoms with E-state index in [1.807, 2.05) is 6.92 Å². The van der Waals surface area contributed by atoms with Crippen molar-refractivity contribution in [1.29, 1.82) is 0 Å². The Morgan fingerprint density at radius 3 is 3.00 bits per heavy atom. The molecule has 13 heavy (non-hydrogen) atoms. The van der Waals surface area contributed by atoms with E-state index in [-0.39, 0.29) is 5.95 Å². The molecule has 0 saturated carbocycles. The van der Waals surface area contributed by atoms with E-state index in [2.05, 4.69) is 22.3 Å². The number of aryl methyl sites for hydroxylation is 1. The van der Waals surface area contributed by atoms with Gasteiger partial charge in [0.05, 0.1) is 18.3 Å². The lowest BCUT2D eigenvalue weighted by atomic mass is 10.3. The standard InChI is InChI=1S/C9H12FN3/c1-3-13-9(10)8(7-12-13)5-4-6-11-2/h7,11H,3,6H2,1-2H3. The molecular weight excluding hydrogens is 169 g/mol. The van der Waals surface area contributed by atoms with Crippen LogP contribution in [0.15, 0.2) is 6.20 Å². The highest BCUT2D eigenvalue weighted by molar-refractivity contribution is 5.31. The Labute approximate surface area is 76.9 Å². The zero-order valence-electron chi connectivity index (χ0n) is 7.76. The quantitative estimate of drug-likeness (QED) is 0.677. The van der Waals surface area contributed by atoms with Crippen LogP contribution in [-0.2, 0) is 6.54 Å². The van der Waals surface area contributed by atoms with E-state index in [4.69, 9.17) is 0 Å². The maximum atomic E-state index is 13.2. The molecule has 0 aromatic carbocycles. The number of rotatable bonds is 2. The fourth-order valence-electron chi connectivity index (χ4n) is 0.903. The smallest absolute Gasteiger partial charge is 0.227 e. The van der Waals surface area contributed by atoms with E-state index in [0.717, 1.165) is 0 Å². The first-order valence-corrected chi connectivity index (χ1v) is 4.14. The third kappa shape index (κ3) is 2.30. The molecule has 0 aliphatic carbocycles. The second-order valence-electron chi connectivity index (χ2n) is 2.50. The molecule has 3 nitrogen and oxygen atoms in total. The number of nitrogens with one attached hydrogen (secondary N) is 1. The van der Waals surface area contributed by atoms with Crippen LogP contribution >= 0.6 is 0 Å². The van der Waals surface area contributed by atoms with Crippen LogP contribution in [0.1, 0.15) is 12.5 Å². The minimum absolute atomic E-state index is 0.355. The Kier molecular flexibility index (Phi) is 3.47. The van der Waals surface area contributed by atoms with Crippen molar-refractivity contribution in [1.82, 2.24) is 15.1 Å². The number of halogens is 1. The number of aromatic nitrogens is 2. The molecule has 0 aliphatic heterocycles. The molecular formula is C9H12FN3. The lowest BCUT2D eigenvalue weighted by molar-refractivity contribution is 0.469. The van der Waals surface area contributed by atoms with Crippen LogP contribution in [0.3, 0.4) is 0 Å². The van der Waals surface area contributed by atoms with Crippen LogP contribution in [0.25, 0.3) is 0 Å². The van der Waals surface area contributed by atoms with Gasteiger partial charge in [-0.15, -0.1) is 0 Å². The van der Waals surface area contributed by atoms with Gasteiger partial charge in [0.25, 0.3) is 0 Å². The molecule has 1 heterocycles. The molecule has 0 radical (unpaired) electrons. The Balaban J connectivity index is 2.79. The normalized spacial score (nSPS) is 9.46. The maximum absolute atomic E-state index is 13.2. The van der Waals surface area contributed by atoms with Crippen molar-refractivity contribution in [3.8, 4) is 11.8 Å². The van der Waals surface area contributed by atoms with Gasteiger partial charge in [0.2, 0.25) is 5.95 Å². The summed E-state index contributed by atoms with van der Waals surface area (Å²) in [5.74, 6) is 5.12. The van der Waals surface area contributed by atoms with Gasteiger partial charge in [-0.3, -0.25) is 0 Å². The molecule has 0 fully saturated rings. The summed E-state index contributed by atoms with van der Waals surface area (Å²) >= 11 is 0. The minimum atomic E-state index is -0.355. The van der Waals surface area contributed by atoms with Gasteiger partial charge in [0, 0.05) is 6.54 Å². The molecule has 0 atom stereocenters. The lowest BCUT2D eigenvalue weighted by Crippen LogP contribution is -2.04. The zero-order chi connectivity index (χ0) is 9.68. The summed E-state index contributed by atoms with van der Waals surface area (Å²) < 4.78 is 14.5. The van der Waals surface area contributed by atoms with Crippen molar-refractivity contribution in [3.63, 3.8) is 0 Å². The first-order chi connectivity index (χ1) is 6.29. The first-order valence-electron chi connectivity index (χ1n) is 4.14. The molecule has 1 N–H and O–H groups in total. The second kappa shape index (κ2) is 4.63. The highest BCUT2D eigenvalue weighted by atomic mass is 19.1. The van der Waals surface area contributed by atoms with E-state index in [1.54, 1.807) is 7.05 Å². The Morgan fingerprint density at radius 1 is 1.69 bits per heavy atom. The van der Waals surface area contributed by atoms with E-state index in [1.165, 1.54) is 10.9 Å². The number of hydrogen-bond acceptors (Lipinski definition) is 2. The molecule has 0 unspecified atom stereocenters. The molecule has 0 saturated heterocycles. The third-order valence-electron chi connectivity index (χ3n) is 1.56. The van der Waals surface area contributed by atoms with Gasteiger partial charge in [-0.1, -0.05) is 11.8 Å². The molecule has 0 amide bonds. The van der Waals surface area contributed by atoms with Gasteiger partial charge >= 0.3 is 0 Å².